The molecule has 0 radical (unpaired) electrons. The Balaban J connectivity index is 1.44. The number of ether oxygens (including phenoxy) is 2. The first-order valence-electron chi connectivity index (χ1n) is 11.0. The Morgan fingerprint density at radius 2 is 1.41 bits per heavy atom. The highest BCUT2D eigenvalue weighted by molar-refractivity contribution is 7.27. The second kappa shape index (κ2) is 10.1. The Labute approximate surface area is 166 Å². The van der Waals surface area contributed by atoms with Crippen molar-refractivity contribution in [2.45, 2.75) is 71.6 Å². The molecule has 2 nitrogen and oxygen atoms in total. The van der Waals surface area contributed by atoms with Crippen molar-refractivity contribution in [3.8, 4) is 11.5 Å². The van der Waals surface area contributed by atoms with E-state index in [2.05, 4.69) is 16.2 Å². The van der Waals surface area contributed by atoms with Gasteiger partial charge in [-0.15, -0.1) is 0 Å². The Morgan fingerprint density at radius 1 is 0.852 bits per heavy atom. The number of halogens is 1. The largest absolute Gasteiger partial charge is 0.493 e. The fourth-order valence-corrected chi connectivity index (χ4v) is 5.37. The average Bonchev–Trinajstić information content (AvgIpc) is 2.71. The van der Waals surface area contributed by atoms with Crippen molar-refractivity contribution < 1.29 is 13.9 Å². The summed E-state index contributed by atoms with van der Waals surface area (Å²) in [6.07, 6.45) is 12.2. The minimum atomic E-state index is -0.313. The van der Waals surface area contributed by atoms with Crippen molar-refractivity contribution >= 4 is 14.5 Å². The summed E-state index contributed by atoms with van der Waals surface area (Å²) in [6.45, 7) is 5.40. The molecule has 0 spiro atoms. The minimum Gasteiger partial charge on any atom is -0.493 e. The van der Waals surface area contributed by atoms with Gasteiger partial charge in [0.05, 0.1) is 18.5 Å². The van der Waals surface area contributed by atoms with E-state index in [1.807, 2.05) is 6.92 Å². The van der Waals surface area contributed by atoms with Crippen LogP contribution in [-0.4, -0.2) is 13.2 Å². The highest BCUT2D eigenvalue weighted by Crippen LogP contribution is 2.42. The van der Waals surface area contributed by atoms with E-state index in [0.29, 0.717) is 35.9 Å². The van der Waals surface area contributed by atoms with E-state index < -0.39 is 0 Å². The third kappa shape index (κ3) is 5.37. The second-order valence-corrected chi connectivity index (χ2v) is 9.08. The summed E-state index contributed by atoms with van der Waals surface area (Å²) in [5.74, 6) is 4.03. The molecule has 2 aliphatic rings. The molecule has 152 valence electrons. The van der Waals surface area contributed by atoms with Crippen LogP contribution in [0.2, 0.25) is 0 Å². The van der Waals surface area contributed by atoms with Gasteiger partial charge in [-0.1, -0.05) is 35.4 Å². The molecule has 1 aromatic rings. The van der Waals surface area contributed by atoms with E-state index in [1.54, 1.807) is 12.1 Å². The van der Waals surface area contributed by atoms with E-state index in [0.717, 1.165) is 17.8 Å². The first kappa shape index (κ1) is 20.9. The summed E-state index contributed by atoms with van der Waals surface area (Å²) in [6, 6.07) is 3.50. The fourth-order valence-electron chi connectivity index (χ4n) is 5.05. The van der Waals surface area contributed by atoms with Gasteiger partial charge < -0.3 is 9.47 Å². The summed E-state index contributed by atoms with van der Waals surface area (Å²) in [5, 5.41) is 0.459. The van der Waals surface area contributed by atoms with Gasteiger partial charge in [0, 0.05) is 0 Å². The zero-order valence-electron chi connectivity index (χ0n) is 17.0. The number of benzene rings is 1. The first-order valence-corrected chi connectivity index (χ1v) is 11.5. The SMILES string of the molecule is CCOc1ccc(OCC2CCC(C3CCC(CC)CC3)CC2)c(F)c1P. The van der Waals surface area contributed by atoms with Crippen molar-refractivity contribution in [2.24, 2.45) is 23.7 Å². The normalized spacial score (nSPS) is 28.7. The Hall–Kier alpha value is -0.820. The highest BCUT2D eigenvalue weighted by Gasteiger charge is 2.30. The van der Waals surface area contributed by atoms with Crippen LogP contribution in [-0.2, 0) is 0 Å². The van der Waals surface area contributed by atoms with Crippen molar-refractivity contribution in [3.63, 3.8) is 0 Å². The zero-order chi connectivity index (χ0) is 19.2. The predicted molar refractivity (Wildman–Crippen MR) is 114 cm³/mol. The third-order valence-electron chi connectivity index (χ3n) is 6.91. The molecule has 1 atom stereocenters. The van der Waals surface area contributed by atoms with E-state index in [4.69, 9.17) is 9.47 Å². The van der Waals surface area contributed by atoms with Crippen LogP contribution in [0.3, 0.4) is 0 Å². The molecule has 2 fully saturated rings. The topological polar surface area (TPSA) is 18.5 Å². The lowest BCUT2D eigenvalue weighted by Crippen LogP contribution is -2.27. The zero-order valence-corrected chi connectivity index (χ0v) is 18.2. The van der Waals surface area contributed by atoms with Crippen LogP contribution in [0, 0.1) is 29.5 Å². The Morgan fingerprint density at radius 3 is 1.96 bits per heavy atom. The molecule has 0 aromatic heterocycles. The molecule has 0 amide bonds. The molecule has 0 aliphatic heterocycles. The lowest BCUT2D eigenvalue weighted by molar-refractivity contribution is 0.121. The summed E-state index contributed by atoms with van der Waals surface area (Å²) in [4.78, 5) is 0. The predicted octanol–water partition coefficient (Wildman–Crippen LogP) is 6.13. The van der Waals surface area contributed by atoms with Gasteiger partial charge in [-0.3, -0.25) is 0 Å². The smallest absolute Gasteiger partial charge is 0.175 e. The third-order valence-corrected chi connectivity index (χ3v) is 7.44. The molecule has 0 heterocycles. The van der Waals surface area contributed by atoms with Gasteiger partial charge in [-0.25, -0.2) is 4.39 Å². The molecule has 4 heteroatoms. The van der Waals surface area contributed by atoms with Gasteiger partial charge in [0.2, 0.25) is 0 Å². The van der Waals surface area contributed by atoms with Crippen LogP contribution in [0.1, 0.15) is 71.6 Å². The van der Waals surface area contributed by atoms with Crippen molar-refractivity contribution in [1.82, 2.24) is 0 Å². The number of hydrogen-bond acceptors (Lipinski definition) is 2. The van der Waals surface area contributed by atoms with Crippen LogP contribution in [0.15, 0.2) is 12.1 Å². The molecule has 2 aliphatic carbocycles. The minimum absolute atomic E-state index is 0.313. The molecular formula is C23H36FO2P. The van der Waals surface area contributed by atoms with Gasteiger partial charge in [0.15, 0.2) is 11.6 Å². The molecule has 3 rings (SSSR count). The van der Waals surface area contributed by atoms with Crippen LogP contribution >= 0.6 is 9.24 Å². The van der Waals surface area contributed by atoms with E-state index in [9.17, 15) is 4.39 Å². The summed E-state index contributed by atoms with van der Waals surface area (Å²) >= 11 is 0. The van der Waals surface area contributed by atoms with Gasteiger partial charge in [0.25, 0.3) is 0 Å². The van der Waals surface area contributed by atoms with Gasteiger partial charge in [0.1, 0.15) is 5.75 Å². The van der Waals surface area contributed by atoms with Gasteiger partial charge in [-0.05, 0) is 81.3 Å². The maximum atomic E-state index is 14.5. The quantitative estimate of drug-likeness (QED) is 0.518. The van der Waals surface area contributed by atoms with E-state index in [-0.39, 0.29) is 5.82 Å². The Bertz CT molecular complexity index is 590. The standard InChI is InChI=1S/C23H36FO2P/c1-3-16-5-9-18(10-6-16)19-11-7-17(8-12-19)15-26-20-13-14-21(25-4-2)23(27)22(20)24/h13-14,16-19H,3-12,15,27H2,1-2H3. The van der Waals surface area contributed by atoms with E-state index in [1.165, 1.54) is 57.8 Å². The molecule has 1 aromatic carbocycles. The first-order chi connectivity index (χ1) is 13.1. The van der Waals surface area contributed by atoms with Crippen LogP contribution in [0.4, 0.5) is 4.39 Å². The number of rotatable bonds is 7. The Kier molecular flexibility index (Phi) is 7.82. The van der Waals surface area contributed by atoms with Crippen LogP contribution in [0.25, 0.3) is 0 Å². The fraction of sp³-hybridized carbons (Fsp3) is 0.739. The maximum absolute atomic E-state index is 14.5. The monoisotopic (exact) mass is 394 g/mol. The number of hydrogen-bond donors (Lipinski definition) is 0. The lowest BCUT2D eigenvalue weighted by Gasteiger charge is -2.37. The maximum Gasteiger partial charge on any atom is 0.175 e. The molecule has 0 N–H and O–H groups in total. The van der Waals surface area contributed by atoms with Gasteiger partial charge >= 0.3 is 0 Å². The molecule has 2 saturated carbocycles. The molecular weight excluding hydrogens is 358 g/mol. The van der Waals surface area contributed by atoms with Crippen LogP contribution in [0.5, 0.6) is 11.5 Å². The summed E-state index contributed by atoms with van der Waals surface area (Å²) in [7, 11) is 2.43. The molecule has 1 unspecified atom stereocenters. The van der Waals surface area contributed by atoms with Gasteiger partial charge in [-0.2, -0.15) is 0 Å². The summed E-state index contributed by atoms with van der Waals surface area (Å²) in [5.41, 5.74) is 0. The lowest BCUT2D eigenvalue weighted by atomic mass is 9.69. The van der Waals surface area contributed by atoms with E-state index >= 15 is 0 Å². The van der Waals surface area contributed by atoms with Crippen molar-refractivity contribution in [2.75, 3.05) is 13.2 Å². The van der Waals surface area contributed by atoms with Crippen molar-refractivity contribution in [1.29, 1.82) is 0 Å². The highest BCUT2D eigenvalue weighted by atomic mass is 31.0. The summed E-state index contributed by atoms with van der Waals surface area (Å²) < 4.78 is 25.8. The second-order valence-electron chi connectivity index (χ2n) is 8.50. The molecule has 27 heavy (non-hydrogen) atoms. The van der Waals surface area contributed by atoms with Crippen LogP contribution < -0.4 is 14.8 Å². The average molecular weight is 395 g/mol. The van der Waals surface area contributed by atoms with Crippen molar-refractivity contribution in [3.05, 3.63) is 17.9 Å². The molecule has 0 saturated heterocycles. The molecule has 0 bridgehead atoms.